The van der Waals surface area contributed by atoms with E-state index < -0.39 is 0 Å². The molecule has 5 nitrogen and oxygen atoms in total. The number of halogens is 2. The number of amides is 1. The number of fused-ring (bicyclic) bond motifs is 1. The Morgan fingerprint density at radius 1 is 0.923 bits per heavy atom. The summed E-state index contributed by atoms with van der Waals surface area (Å²) in [6.07, 6.45) is 1.79. The number of benzene rings is 2. The van der Waals surface area contributed by atoms with Gasteiger partial charge in [-0.05, 0) is 53.6 Å². The third kappa shape index (κ3) is 3.40. The molecule has 0 fully saturated rings. The van der Waals surface area contributed by atoms with Crippen LogP contribution in [0.1, 0.15) is 10.4 Å². The maximum Gasteiger partial charge on any atom is 0.258 e. The molecule has 0 unspecified atom stereocenters. The monoisotopic (exact) mass is 382 g/mol. The zero-order chi connectivity index (χ0) is 18.1. The van der Waals surface area contributed by atoms with Gasteiger partial charge in [0.15, 0.2) is 5.65 Å². The molecule has 0 aliphatic heterocycles. The van der Waals surface area contributed by atoms with Crippen LogP contribution in [0.15, 0.2) is 66.9 Å². The molecule has 0 spiro atoms. The van der Waals surface area contributed by atoms with Gasteiger partial charge in [0.25, 0.3) is 5.91 Å². The van der Waals surface area contributed by atoms with Gasteiger partial charge in [-0.1, -0.05) is 41.4 Å². The molecular formula is C19H12Cl2N4O. The Labute approximate surface area is 159 Å². The van der Waals surface area contributed by atoms with Gasteiger partial charge in [0.1, 0.15) is 0 Å². The predicted molar refractivity (Wildman–Crippen MR) is 103 cm³/mol. The summed E-state index contributed by atoms with van der Waals surface area (Å²) in [6, 6.07) is 18.0. The van der Waals surface area contributed by atoms with E-state index in [0.717, 1.165) is 11.1 Å². The summed E-state index contributed by atoms with van der Waals surface area (Å²) in [7, 11) is 0. The Hall–Kier alpha value is -2.89. The van der Waals surface area contributed by atoms with Crippen LogP contribution in [0.4, 0.5) is 5.95 Å². The fourth-order valence-corrected chi connectivity index (χ4v) is 2.97. The van der Waals surface area contributed by atoms with Crippen molar-refractivity contribution < 1.29 is 4.79 Å². The minimum Gasteiger partial charge on any atom is -0.289 e. The number of nitrogens with zero attached hydrogens (tertiary/aromatic N) is 3. The summed E-state index contributed by atoms with van der Waals surface area (Å²) < 4.78 is 1.60. The van der Waals surface area contributed by atoms with Crippen molar-refractivity contribution in [1.29, 1.82) is 0 Å². The standard InChI is InChI=1S/C19H12Cl2N4O/c20-15-5-1-3-12(9-15)13-7-8-25-17(11-13)22-19(24-25)23-18(26)14-4-2-6-16(21)10-14/h1-11H,(H,23,24,26). The molecule has 2 aromatic carbocycles. The summed E-state index contributed by atoms with van der Waals surface area (Å²) in [6.45, 7) is 0. The SMILES string of the molecule is O=C(Nc1nc2cc(-c3cccc(Cl)c3)ccn2n1)c1cccc(Cl)c1. The summed E-state index contributed by atoms with van der Waals surface area (Å²) in [5.74, 6) is -0.100. The molecule has 4 rings (SSSR count). The number of pyridine rings is 1. The van der Waals surface area contributed by atoms with Gasteiger partial charge in [-0.15, -0.1) is 5.10 Å². The number of carbonyl (C=O) groups is 1. The molecule has 7 heteroatoms. The maximum atomic E-state index is 12.3. The van der Waals surface area contributed by atoms with Crippen molar-refractivity contribution in [2.75, 3.05) is 5.32 Å². The molecule has 0 aliphatic rings. The first kappa shape index (κ1) is 16.6. The summed E-state index contributed by atoms with van der Waals surface area (Å²) in [5.41, 5.74) is 2.99. The number of hydrogen-bond acceptors (Lipinski definition) is 3. The predicted octanol–water partition coefficient (Wildman–Crippen LogP) is 4.96. The number of anilines is 1. The van der Waals surface area contributed by atoms with Gasteiger partial charge in [0.05, 0.1) is 0 Å². The van der Waals surface area contributed by atoms with E-state index in [-0.39, 0.29) is 11.9 Å². The van der Waals surface area contributed by atoms with Gasteiger partial charge in [0.2, 0.25) is 5.95 Å². The van der Waals surface area contributed by atoms with Crippen molar-refractivity contribution in [1.82, 2.24) is 14.6 Å². The molecule has 2 aromatic heterocycles. The topological polar surface area (TPSA) is 59.3 Å². The van der Waals surface area contributed by atoms with E-state index in [1.54, 1.807) is 35.0 Å². The lowest BCUT2D eigenvalue weighted by molar-refractivity contribution is 0.102. The van der Waals surface area contributed by atoms with Crippen LogP contribution in [0, 0.1) is 0 Å². The molecule has 0 radical (unpaired) electrons. The van der Waals surface area contributed by atoms with Gasteiger partial charge in [-0.25, -0.2) is 4.52 Å². The highest BCUT2D eigenvalue weighted by molar-refractivity contribution is 6.31. The second-order valence-electron chi connectivity index (χ2n) is 5.63. The Kier molecular flexibility index (Phi) is 4.32. The zero-order valence-corrected chi connectivity index (χ0v) is 14.9. The molecule has 128 valence electrons. The van der Waals surface area contributed by atoms with Crippen LogP contribution in [0.2, 0.25) is 10.0 Å². The third-order valence-electron chi connectivity index (χ3n) is 3.81. The first-order chi connectivity index (χ1) is 12.6. The fraction of sp³-hybridized carbons (Fsp3) is 0. The molecule has 0 bridgehead atoms. The Morgan fingerprint density at radius 3 is 2.42 bits per heavy atom. The Balaban J connectivity index is 1.62. The highest BCUT2D eigenvalue weighted by Crippen LogP contribution is 2.23. The van der Waals surface area contributed by atoms with E-state index in [0.29, 0.717) is 21.3 Å². The average molecular weight is 383 g/mol. The van der Waals surface area contributed by atoms with Crippen molar-refractivity contribution in [3.8, 4) is 11.1 Å². The third-order valence-corrected chi connectivity index (χ3v) is 4.28. The van der Waals surface area contributed by atoms with Crippen LogP contribution in [0.3, 0.4) is 0 Å². The lowest BCUT2D eigenvalue weighted by Crippen LogP contribution is -2.12. The largest absolute Gasteiger partial charge is 0.289 e. The molecule has 0 saturated carbocycles. The second-order valence-corrected chi connectivity index (χ2v) is 6.50. The van der Waals surface area contributed by atoms with Crippen LogP contribution in [0.25, 0.3) is 16.8 Å². The number of rotatable bonds is 3. The zero-order valence-electron chi connectivity index (χ0n) is 13.4. The second kappa shape index (κ2) is 6.78. The van der Waals surface area contributed by atoms with Crippen LogP contribution >= 0.6 is 23.2 Å². The van der Waals surface area contributed by atoms with E-state index >= 15 is 0 Å². The summed E-state index contributed by atoms with van der Waals surface area (Å²) in [4.78, 5) is 16.7. The van der Waals surface area contributed by atoms with Gasteiger partial charge in [0, 0.05) is 21.8 Å². The highest BCUT2D eigenvalue weighted by atomic mass is 35.5. The van der Waals surface area contributed by atoms with Crippen LogP contribution in [0.5, 0.6) is 0 Å². The minimum absolute atomic E-state index is 0.221. The first-order valence-corrected chi connectivity index (χ1v) is 8.53. The molecule has 4 aromatic rings. The van der Waals surface area contributed by atoms with E-state index in [9.17, 15) is 4.79 Å². The van der Waals surface area contributed by atoms with Gasteiger partial charge in [-0.3, -0.25) is 10.1 Å². The highest BCUT2D eigenvalue weighted by Gasteiger charge is 2.11. The Bertz CT molecular complexity index is 1120. The molecule has 0 atom stereocenters. The molecular weight excluding hydrogens is 371 g/mol. The lowest BCUT2D eigenvalue weighted by atomic mass is 10.1. The first-order valence-electron chi connectivity index (χ1n) is 7.78. The van der Waals surface area contributed by atoms with Crippen molar-refractivity contribution in [3.63, 3.8) is 0 Å². The number of carbonyl (C=O) groups excluding carboxylic acids is 1. The molecule has 26 heavy (non-hydrogen) atoms. The van der Waals surface area contributed by atoms with E-state index in [1.165, 1.54) is 0 Å². The quantitative estimate of drug-likeness (QED) is 0.544. The molecule has 2 heterocycles. The average Bonchev–Trinajstić information content (AvgIpc) is 3.03. The van der Waals surface area contributed by atoms with E-state index in [4.69, 9.17) is 23.2 Å². The summed E-state index contributed by atoms with van der Waals surface area (Å²) in [5, 5.41) is 8.11. The fourth-order valence-electron chi connectivity index (χ4n) is 2.59. The van der Waals surface area contributed by atoms with Gasteiger partial charge >= 0.3 is 0 Å². The van der Waals surface area contributed by atoms with Gasteiger partial charge < -0.3 is 0 Å². The van der Waals surface area contributed by atoms with Crippen molar-refractivity contribution in [2.45, 2.75) is 0 Å². The van der Waals surface area contributed by atoms with Gasteiger partial charge in [-0.2, -0.15) is 4.98 Å². The number of aromatic nitrogens is 3. The Morgan fingerprint density at radius 2 is 1.65 bits per heavy atom. The minimum atomic E-state index is -0.321. The lowest BCUT2D eigenvalue weighted by Gasteiger charge is -2.02. The van der Waals surface area contributed by atoms with Crippen LogP contribution in [-0.2, 0) is 0 Å². The van der Waals surface area contributed by atoms with E-state index in [1.807, 2.05) is 36.4 Å². The number of nitrogens with one attached hydrogen (secondary N) is 1. The van der Waals surface area contributed by atoms with E-state index in [2.05, 4.69) is 15.4 Å². The van der Waals surface area contributed by atoms with Crippen molar-refractivity contribution in [3.05, 3.63) is 82.5 Å². The molecule has 1 amide bonds. The normalized spacial score (nSPS) is 10.8. The van der Waals surface area contributed by atoms with Crippen molar-refractivity contribution >= 4 is 40.7 Å². The van der Waals surface area contributed by atoms with Crippen LogP contribution in [-0.4, -0.2) is 20.5 Å². The molecule has 0 saturated heterocycles. The van der Waals surface area contributed by atoms with Crippen molar-refractivity contribution in [2.24, 2.45) is 0 Å². The number of hydrogen-bond donors (Lipinski definition) is 1. The molecule has 1 N–H and O–H groups in total. The summed E-state index contributed by atoms with van der Waals surface area (Å²) >= 11 is 12.0. The smallest absolute Gasteiger partial charge is 0.258 e. The molecule has 0 aliphatic carbocycles. The van der Waals surface area contributed by atoms with Crippen LogP contribution < -0.4 is 5.32 Å². The maximum absolute atomic E-state index is 12.3.